The number of methoxy groups -OCH3 is 1. The highest BCUT2D eigenvalue weighted by molar-refractivity contribution is 5.73. The van der Waals surface area contributed by atoms with Crippen LogP contribution in [0, 0.1) is 11.8 Å². The third kappa shape index (κ3) is 1.69. The predicted molar refractivity (Wildman–Crippen MR) is 51.6 cm³/mol. The molecule has 0 radical (unpaired) electrons. The minimum Gasteiger partial charge on any atom is -0.469 e. The standard InChI is InChI=1S/C11H16O3/c1-14-11(13)9-4-7-2-3-10(12)6-8(7)5-9/h6-7,9-10,12H,2-5H2,1H3/t7-,9-,10+/m1/s1. The van der Waals surface area contributed by atoms with Crippen molar-refractivity contribution in [2.75, 3.05) is 7.11 Å². The maximum Gasteiger partial charge on any atom is 0.308 e. The number of rotatable bonds is 1. The Morgan fingerprint density at radius 3 is 3.07 bits per heavy atom. The number of allylic oxidation sites excluding steroid dienone is 1. The maximum absolute atomic E-state index is 11.3. The summed E-state index contributed by atoms with van der Waals surface area (Å²) < 4.78 is 4.74. The van der Waals surface area contributed by atoms with Crippen LogP contribution in [0.4, 0.5) is 0 Å². The lowest BCUT2D eigenvalue weighted by Crippen LogP contribution is -2.14. The molecule has 1 fully saturated rings. The zero-order valence-corrected chi connectivity index (χ0v) is 8.40. The van der Waals surface area contributed by atoms with Gasteiger partial charge in [-0.15, -0.1) is 0 Å². The molecule has 14 heavy (non-hydrogen) atoms. The number of hydrogen-bond donors (Lipinski definition) is 1. The van der Waals surface area contributed by atoms with Gasteiger partial charge in [0.2, 0.25) is 0 Å². The summed E-state index contributed by atoms with van der Waals surface area (Å²) in [5.74, 6) is 0.443. The third-order valence-corrected chi connectivity index (χ3v) is 3.33. The van der Waals surface area contributed by atoms with Crippen LogP contribution >= 0.6 is 0 Å². The van der Waals surface area contributed by atoms with Crippen LogP contribution in [0.2, 0.25) is 0 Å². The monoisotopic (exact) mass is 196 g/mol. The minimum absolute atomic E-state index is 0.0292. The molecule has 0 spiro atoms. The summed E-state index contributed by atoms with van der Waals surface area (Å²) >= 11 is 0. The molecule has 0 aliphatic heterocycles. The van der Waals surface area contributed by atoms with Crippen LogP contribution in [0.3, 0.4) is 0 Å². The molecule has 0 aromatic heterocycles. The van der Waals surface area contributed by atoms with Crippen LogP contribution in [-0.2, 0) is 9.53 Å². The Kier molecular flexibility index (Phi) is 2.59. The molecule has 2 aliphatic carbocycles. The lowest BCUT2D eigenvalue weighted by molar-refractivity contribution is -0.145. The number of hydrogen-bond acceptors (Lipinski definition) is 3. The molecule has 0 saturated heterocycles. The van der Waals surface area contributed by atoms with Gasteiger partial charge in [-0.2, -0.15) is 0 Å². The van der Waals surface area contributed by atoms with Crippen LogP contribution < -0.4 is 0 Å². The Hall–Kier alpha value is -0.830. The molecule has 0 aromatic carbocycles. The largest absolute Gasteiger partial charge is 0.469 e. The molecule has 3 heteroatoms. The molecular formula is C11H16O3. The fourth-order valence-corrected chi connectivity index (χ4v) is 2.59. The van der Waals surface area contributed by atoms with E-state index in [1.54, 1.807) is 0 Å². The van der Waals surface area contributed by atoms with E-state index < -0.39 is 0 Å². The van der Waals surface area contributed by atoms with E-state index in [4.69, 9.17) is 4.74 Å². The number of esters is 1. The lowest BCUT2D eigenvalue weighted by atomic mass is 9.89. The summed E-state index contributed by atoms with van der Waals surface area (Å²) in [6.07, 6.45) is 5.18. The Labute approximate surface area is 83.8 Å². The van der Waals surface area contributed by atoms with Crippen LogP contribution in [0.5, 0.6) is 0 Å². The van der Waals surface area contributed by atoms with E-state index in [2.05, 4.69) is 0 Å². The quantitative estimate of drug-likeness (QED) is 0.507. The first-order chi connectivity index (χ1) is 6.70. The minimum atomic E-state index is -0.294. The summed E-state index contributed by atoms with van der Waals surface area (Å²) in [5.41, 5.74) is 1.26. The smallest absolute Gasteiger partial charge is 0.308 e. The second kappa shape index (κ2) is 3.73. The van der Waals surface area contributed by atoms with Gasteiger partial charge in [0.25, 0.3) is 0 Å². The summed E-state index contributed by atoms with van der Waals surface area (Å²) in [5, 5.41) is 9.45. The molecule has 3 atom stereocenters. The Balaban J connectivity index is 2.06. The van der Waals surface area contributed by atoms with Crippen molar-refractivity contribution in [1.29, 1.82) is 0 Å². The van der Waals surface area contributed by atoms with Crippen molar-refractivity contribution in [1.82, 2.24) is 0 Å². The molecular weight excluding hydrogens is 180 g/mol. The molecule has 0 heterocycles. The van der Waals surface area contributed by atoms with E-state index in [0.717, 1.165) is 25.7 Å². The van der Waals surface area contributed by atoms with Crippen molar-refractivity contribution in [3.05, 3.63) is 11.6 Å². The number of fused-ring (bicyclic) bond motifs is 1. The van der Waals surface area contributed by atoms with Crippen LogP contribution in [0.15, 0.2) is 11.6 Å². The zero-order valence-electron chi connectivity index (χ0n) is 8.40. The van der Waals surface area contributed by atoms with Crippen molar-refractivity contribution in [3.8, 4) is 0 Å². The topological polar surface area (TPSA) is 46.5 Å². The van der Waals surface area contributed by atoms with Gasteiger partial charge >= 0.3 is 5.97 Å². The van der Waals surface area contributed by atoms with Gasteiger partial charge in [0, 0.05) is 0 Å². The van der Waals surface area contributed by atoms with Crippen molar-refractivity contribution in [3.63, 3.8) is 0 Å². The summed E-state index contributed by atoms with van der Waals surface area (Å²) in [7, 11) is 1.44. The van der Waals surface area contributed by atoms with Gasteiger partial charge in [0.1, 0.15) is 0 Å². The Bertz CT molecular complexity index is 270. The fourth-order valence-electron chi connectivity index (χ4n) is 2.59. The normalized spacial score (nSPS) is 36.1. The van der Waals surface area contributed by atoms with Gasteiger partial charge in [0.05, 0.1) is 19.1 Å². The highest BCUT2D eigenvalue weighted by atomic mass is 16.5. The maximum atomic E-state index is 11.3. The van der Waals surface area contributed by atoms with Gasteiger partial charge in [-0.1, -0.05) is 11.6 Å². The first-order valence-corrected chi connectivity index (χ1v) is 5.17. The molecule has 2 rings (SSSR count). The molecule has 2 aliphatic rings. The molecule has 0 amide bonds. The summed E-state index contributed by atoms with van der Waals surface area (Å²) in [6.45, 7) is 0. The second-order valence-corrected chi connectivity index (χ2v) is 4.24. The van der Waals surface area contributed by atoms with Gasteiger partial charge < -0.3 is 9.84 Å². The van der Waals surface area contributed by atoms with Gasteiger partial charge in [-0.25, -0.2) is 0 Å². The number of aliphatic hydroxyl groups excluding tert-OH is 1. The van der Waals surface area contributed by atoms with Crippen molar-refractivity contribution in [2.24, 2.45) is 11.8 Å². The van der Waals surface area contributed by atoms with Crippen molar-refractivity contribution >= 4 is 5.97 Å². The van der Waals surface area contributed by atoms with E-state index in [-0.39, 0.29) is 18.0 Å². The molecule has 78 valence electrons. The van der Waals surface area contributed by atoms with Crippen LogP contribution in [0.25, 0.3) is 0 Å². The Morgan fingerprint density at radius 2 is 2.36 bits per heavy atom. The molecule has 0 bridgehead atoms. The first-order valence-electron chi connectivity index (χ1n) is 5.17. The first kappa shape index (κ1) is 9.71. The van der Waals surface area contributed by atoms with Crippen LogP contribution in [-0.4, -0.2) is 24.3 Å². The van der Waals surface area contributed by atoms with Gasteiger partial charge in [-0.05, 0) is 31.6 Å². The average molecular weight is 196 g/mol. The van der Waals surface area contributed by atoms with E-state index >= 15 is 0 Å². The molecule has 0 aromatic rings. The van der Waals surface area contributed by atoms with Crippen molar-refractivity contribution < 1.29 is 14.6 Å². The number of carbonyl (C=O) groups excluding carboxylic acids is 1. The number of carbonyl (C=O) groups is 1. The lowest BCUT2D eigenvalue weighted by Gasteiger charge is -2.20. The third-order valence-electron chi connectivity index (χ3n) is 3.33. The number of ether oxygens (including phenoxy) is 1. The predicted octanol–water partition coefficient (Wildman–Crippen LogP) is 1.27. The highest BCUT2D eigenvalue weighted by Gasteiger charge is 2.36. The second-order valence-electron chi connectivity index (χ2n) is 4.24. The molecule has 0 unspecified atom stereocenters. The SMILES string of the molecule is COC(=O)[C@H]1CC2=C[C@@H](O)CC[C@@H]2C1. The average Bonchev–Trinajstić information content (AvgIpc) is 2.59. The fraction of sp³-hybridized carbons (Fsp3) is 0.727. The Morgan fingerprint density at radius 1 is 1.57 bits per heavy atom. The van der Waals surface area contributed by atoms with Crippen LogP contribution in [0.1, 0.15) is 25.7 Å². The highest BCUT2D eigenvalue weighted by Crippen LogP contribution is 2.42. The van der Waals surface area contributed by atoms with Gasteiger partial charge in [0.15, 0.2) is 0 Å². The number of aliphatic hydroxyl groups is 1. The molecule has 1 N–H and O–H groups in total. The summed E-state index contributed by atoms with van der Waals surface area (Å²) in [6, 6.07) is 0. The molecule has 3 nitrogen and oxygen atoms in total. The molecule has 1 saturated carbocycles. The van der Waals surface area contributed by atoms with Crippen molar-refractivity contribution in [2.45, 2.75) is 31.8 Å². The van der Waals surface area contributed by atoms with E-state index in [1.807, 2.05) is 6.08 Å². The summed E-state index contributed by atoms with van der Waals surface area (Å²) in [4.78, 5) is 11.3. The zero-order chi connectivity index (χ0) is 10.1. The van der Waals surface area contributed by atoms with E-state index in [0.29, 0.717) is 5.92 Å². The van der Waals surface area contributed by atoms with E-state index in [1.165, 1.54) is 12.7 Å². The van der Waals surface area contributed by atoms with E-state index in [9.17, 15) is 9.90 Å². The van der Waals surface area contributed by atoms with Gasteiger partial charge in [-0.3, -0.25) is 4.79 Å².